The van der Waals surface area contributed by atoms with Crippen LogP contribution in [0, 0.1) is 13.8 Å². The largest absolute Gasteiger partial charge is 0.497 e. The van der Waals surface area contributed by atoms with Crippen LogP contribution < -0.4 is 19.5 Å². The van der Waals surface area contributed by atoms with Gasteiger partial charge in [-0.25, -0.2) is 0 Å². The highest BCUT2D eigenvalue weighted by molar-refractivity contribution is 5.81. The van der Waals surface area contributed by atoms with Gasteiger partial charge in [0.1, 0.15) is 22.8 Å². The predicted molar refractivity (Wildman–Crippen MR) is 109 cm³/mol. The van der Waals surface area contributed by atoms with Crippen LogP contribution in [0.1, 0.15) is 49.9 Å². The van der Waals surface area contributed by atoms with Crippen molar-refractivity contribution in [2.75, 3.05) is 7.11 Å². The molecule has 1 heterocycles. The fourth-order valence-corrected chi connectivity index (χ4v) is 3.47. The number of carbonyl (C=O) groups excluding carboxylic acids is 1. The molecule has 0 radical (unpaired) electrons. The quantitative estimate of drug-likeness (QED) is 0.826. The molecule has 0 spiro atoms. The molecule has 0 unspecified atom stereocenters. The van der Waals surface area contributed by atoms with E-state index in [-0.39, 0.29) is 11.9 Å². The first-order chi connectivity index (χ1) is 13.2. The van der Waals surface area contributed by atoms with E-state index in [2.05, 4.69) is 5.32 Å². The molecule has 0 fully saturated rings. The number of fused-ring (bicyclic) bond motifs is 1. The van der Waals surface area contributed by atoms with Crippen molar-refractivity contribution in [3.8, 4) is 17.2 Å². The van der Waals surface area contributed by atoms with Gasteiger partial charge < -0.3 is 19.5 Å². The molecule has 0 aromatic heterocycles. The molecule has 1 aliphatic heterocycles. The molecular formula is C23H29NO4. The van der Waals surface area contributed by atoms with Crippen LogP contribution in [0.2, 0.25) is 0 Å². The van der Waals surface area contributed by atoms with E-state index in [9.17, 15) is 4.79 Å². The number of benzene rings is 2. The number of ether oxygens (including phenoxy) is 3. The number of hydrogen-bond acceptors (Lipinski definition) is 4. The van der Waals surface area contributed by atoms with Crippen LogP contribution in [0.4, 0.5) is 0 Å². The van der Waals surface area contributed by atoms with Crippen molar-refractivity contribution in [1.29, 1.82) is 0 Å². The van der Waals surface area contributed by atoms with Gasteiger partial charge in [0, 0.05) is 18.1 Å². The number of aryl methyl sites for hydroxylation is 1. The van der Waals surface area contributed by atoms with Crippen LogP contribution >= 0.6 is 0 Å². The first-order valence-electron chi connectivity index (χ1n) is 9.60. The number of rotatable bonds is 5. The molecule has 1 amide bonds. The third-order valence-corrected chi connectivity index (χ3v) is 5.22. The van der Waals surface area contributed by atoms with Gasteiger partial charge in [0.25, 0.3) is 5.91 Å². The highest BCUT2D eigenvalue weighted by Crippen LogP contribution is 2.41. The van der Waals surface area contributed by atoms with E-state index in [0.29, 0.717) is 6.42 Å². The smallest absolute Gasteiger partial charge is 0.261 e. The van der Waals surface area contributed by atoms with Crippen LogP contribution in [-0.2, 0) is 4.79 Å². The van der Waals surface area contributed by atoms with Gasteiger partial charge >= 0.3 is 0 Å². The summed E-state index contributed by atoms with van der Waals surface area (Å²) in [6.07, 6.45) is 0.0713. The Kier molecular flexibility index (Phi) is 5.54. The number of amides is 1. The lowest BCUT2D eigenvalue weighted by molar-refractivity contribution is -0.128. The van der Waals surface area contributed by atoms with Crippen LogP contribution in [-0.4, -0.2) is 24.7 Å². The summed E-state index contributed by atoms with van der Waals surface area (Å²) in [6, 6.07) is 11.4. The van der Waals surface area contributed by atoms with E-state index in [1.165, 1.54) is 0 Å². The Morgan fingerprint density at radius 2 is 2.00 bits per heavy atom. The van der Waals surface area contributed by atoms with E-state index in [4.69, 9.17) is 14.2 Å². The molecule has 1 N–H and O–H groups in total. The maximum absolute atomic E-state index is 12.9. The van der Waals surface area contributed by atoms with Gasteiger partial charge in [0.2, 0.25) is 0 Å². The lowest BCUT2D eigenvalue weighted by Crippen LogP contribution is -2.44. The molecule has 0 saturated heterocycles. The van der Waals surface area contributed by atoms with E-state index in [1.807, 2.05) is 64.1 Å². The predicted octanol–water partition coefficient (Wildman–Crippen LogP) is 4.50. The molecule has 2 atom stereocenters. The van der Waals surface area contributed by atoms with Crippen molar-refractivity contribution in [3.05, 3.63) is 53.1 Å². The maximum atomic E-state index is 12.9. The molecule has 1 aliphatic rings. The first kappa shape index (κ1) is 20.1. The molecule has 3 rings (SSSR count). The Morgan fingerprint density at radius 1 is 1.25 bits per heavy atom. The molecule has 28 heavy (non-hydrogen) atoms. The minimum Gasteiger partial charge on any atom is -0.497 e. The van der Waals surface area contributed by atoms with Crippen molar-refractivity contribution in [3.63, 3.8) is 0 Å². The Labute approximate surface area is 167 Å². The minimum atomic E-state index is -0.604. The zero-order chi connectivity index (χ0) is 20.5. The van der Waals surface area contributed by atoms with Gasteiger partial charge in [-0.1, -0.05) is 12.1 Å². The number of methoxy groups -OCH3 is 1. The SMILES string of the molecule is COc1ccc2c(c1)OC(C)(C)C[C@H]2NC(=O)[C@H](C)Oc1cccc(C)c1C. The van der Waals surface area contributed by atoms with Crippen molar-refractivity contribution < 1.29 is 19.0 Å². The molecule has 0 bridgehead atoms. The second-order valence-electron chi connectivity index (χ2n) is 7.99. The number of carbonyl (C=O) groups is 1. The van der Waals surface area contributed by atoms with E-state index in [0.717, 1.165) is 33.9 Å². The topological polar surface area (TPSA) is 56.8 Å². The van der Waals surface area contributed by atoms with Crippen molar-refractivity contribution in [2.45, 2.75) is 58.8 Å². The Morgan fingerprint density at radius 3 is 2.71 bits per heavy atom. The van der Waals surface area contributed by atoms with Crippen molar-refractivity contribution >= 4 is 5.91 Å². The Balaban J connectivity index is 1.77. The highest BCUT2D eigenvalue weighted by Gasteiger charge is 2.35. The van der Waals surface area contributed by atoms with Gasteiger partial charge in [0.05, 0.1) is 13.2 Å². The van der Waals surface area contributed by atoms with Crippen LogP contribution in [0.3, 0.4) is 0 Å². The van der Waals surface area contributed by atoms with Crippen molar-refractivity contribution in [1.82, 2.24) is 5.32 Å². The van der Waals surface area contributed by atoms with Gasteiger partial charge in [-0.15, -0.1) is 0 Å². The Hall–Kier alpha value is -2.69. The summed E-state index contributed by atoms with van der Waals surface area (Å²) in [5.74, 6) is 2.06. The number of nitrogens with one attached hydrogen (secondary N) is 1. The third-order valence-electron chi connectivity index (χ3n) is 5.22. The monoisotopic (exact) mass is 383 g/mol. The fourth-order valence-electron chi connectivity index (χ4n) is 3.47. The highest BCUT2D eigenvalue weighted by atomic mass is 16.5. The zero-order valence-corrected chi connectivity index (χ0v) is 17.5. The molecule has 2 aromatic rings. The van der Waals surface area contributed by atoms with E-state index in [1.54, 1.807) is 14.0 Å². The average Bonchev–Trinajstić information content (AvgIpc) is 2.63. The minimum absolute atomic E-state index is 0.148. The second kappa shape index (κ2) is 7.74. The van der Waals surface area contributed by atoms with Gasteiger partial charge in [-0.05, 0) is 63.9 Å². The van der Waals surface area contributed by atoms with Gasteiger partial charge in [0.15, 0.2) is 6.10 Å². The van der Waals surface area contributed by atoms with Crippen LogP contribution in [0.25, 0.3) is 0 Å². The van der Waals surface area contributed by atoms with Crippen molar-refractivity contribution in [2.24, 2.45) is 0 Å². The summed E-state index contributed by atoms with van der Waals surface area (Å²) in [6.45, 7) is 9.84. The van der Waals surface area contributed by atoms with Crippen LogP contribution in [0.15, 0.2) is 36.4 Å². The lowest BCUT2D eigenvalue weighted by Gasteiger charge is -2.38. The Bertz CT molecular complexity index is 875. The average molecular weight is 383 g/mol. The summed E-state index contributed by atoms with van der Waals surface area (Å²) >= 11 is 0. The van der Waals surface area contributed by atoms with E-state index < -0.39 is 11.7 Å². The normalized spacial score (nSPS) is 18.4. The third kappa shape index (κ3) is 4.24. The number of hydrogen-bond donors (Lipinski definition) is 1. The molecule has 0 aliphatic carbocycles. The molecule has 5 nitrogen and oxygen atoms in total. The summed E-state index contributed by atoms with van der Waals surface area (Å²) in [5.41, 5.74) is 2.74. The zero-order valence-electron chi connectivity index (χ0n) is 17.5. The molecule has 2 aromatic carbocycles. The van der Waals surface area contributed by atoms with Crippen LogP contribution in [0.5, 0.6) is 17.2 Å². The van der Waals surface area contributed by atoms with E-state index >= 15 is 0 Å². The van der Waals surface area contributed by atoms with Gasteiger partial charge in [-0.2, -0.15) is 0 Å². The molecule has 0 saturated carbocycles. The standard InChI is InChI=1S/C23H29NO4/c1-14-8-7-9-20(15(14)2)27-16(3)22(25)24-19-13-23(4,5)28-21-12-17(26-6)10-11-18(19)21/h7-12,16,19H,13H2,1-6H3,(H,24,25)/t16-,19+/m0/s1. The molecule has 5 heteroatoms. The molecular weight excluding hydrogens is 354 g/mol. The lowest BCUT2D eigenvalue weighted by atomic mass is 9.89. The summed E-state index contributed by atoms with van der Waals surface area (Å²) in [7, 11) is 1.63. The van der Waals surface area contributed by atoms with Gasteiger partial charge in [-0.3, -0.25) is 4.79 Å². The summed E-state index contributed by atoms with van der Waals surface area (Å²) in [5, 5.41) is 3.14. The molecule has 150 valence electrons. The summed E-state index contributed by atoms with van der Waals surface area (Å²) < 4.78 is 17.3. The summed E-state index contributed by atoms with van der Waals surface area (Å²) in [4.78, 5) is 12.9. The fraction of sp³-hybridized carbons (Fsp3) is 0.435. The first-order valence-corrected chi connectivity index (χ1v) is 9.60. The maximum Gasteiger partial charge on any atom is 0.261 e. The second-order valence-corrected chi connectivity index (χ2v) is 7.99.